The van der Waals surface area contributed by atoms with Gasteiger partial charge < -0.3 is 14.4 Å². The maximum Gasteiger partial charge on any atom is 0.274 e. The van der Waals surface area contributed by atoms with Gasteiger partial charge in [-0.15, -0.1) is 0 Å². The van der Waals surface area contributed by atoms with Gasteiger partial charge in [0.25, 0.3) is 11.1 Å². The van der Waals surface area contributed by atoms with Crippen LogP contribution < -0.4 is 9.47 Å². The second-order valence-corrected chi connectivity index (χ2v) is 8.16. The summed E-state index contributed by atoms with van der Waals surface area (Å²) in [5, 5.41) is 0.729. The van der Waals surface area contributed by atoms with Gasteiger partial charge in [0.05, 0.1) is 17.3 Å². The number of rotatable bonds is 4. The molecule has 4 rings (SSSR count). The first-order valence-electron chi connectivity index (χ1n) is 9.52. The molecule has 0 saturated carbocycles. The number of nitrogens with zero attached hydrogens (tertiary/aromatic N) is 2. The average molecular weight is 397 g/mol. The zero-order chi connectivity index (χ0) is 19.7. The summed E-state index contributed by atoms with van der Waals surface area (Å²) in [7, 11) is 1.62. The quantitative estimate of drug-likeness (QED) is 0.646. The Bertz CT molecular complexity index is 950. The molecule has 0 bridgehead atoms. The number of thiazole rings is 1. The molecule has 0 spiro atoms. The zero-order valence-corrected chi connectivity index (χ0v) is 17.2. The molecule has 0 atom stereocenters. The lowest BCUT2D eigenvalue weighted by Gasteiger charge is -2.31. The number of aryl methyl sites for hydroxylation is 2. The summed E-state index contributed by atoms with van der Waals surface area (Å²) in [6, 6.07) is 11.5. The van der Waals surface area contributed by atoms with Crippen molar-refractivity contribution in [3.8, 4) is 10.9 Å². The summed E-state index contributed by atoms with van der Waals surface area (Å²) < 4.78 is 12.5. The molecule has 2 heterocycles. The van der Waals surface area contributed by atoms with Crippen molar-refractivity contribution in [2.45, 2.75) is 32.8 Å². The van der Waals surface area contributed by atoms with E-state index >= 15 is 0 Å². The van der Waals surface area contributed by atoms with E-state index in [-0.39, 0.29) is 12.0 Å². The molecular weight excluding hydrogens is 372 g/mol. The summed E-state index contributed by atoms with van der Waals surface area (Å²) in [5.74, 6) is 0.817. The van der Waals surface area contributed by atoms with E-state index < -0.39 is 0 Å². The minimum atomic E-state index is 0.0624. The number of likely N-dealkylation sites (tertiary alicyclic amines) is 1. The molecule has 0 N–H and O–H groups in total. The van der Waals surface area contributed by atoms with Crippen molar-refractivity contribution in [1.82, 2.24) is 9.88 Å². The molecular formula is C22H24N2O3S. The van der Waals surface area contributed by atoms with Gasteiger partial charge in [0.15, 0.2) is 0 Å². The largest absolute Gasteiger partial charge is 0.497 e. The Balaban J connectivity index is 1.38. The van der Waals surface area contributed by atoms with E-state index in [0.717, 1.165) is 29.3 Å². The van der Waals surface area contributed by atoms with E-state index in [4.69, 9.17) is 9.47 Å². The minimum absolute atomic E-state index is 0.0624. The molecule has 1 fully saturated rings. The number of ether oxygens (including phenoxy) is 2. The molecule has 6 heteroatoms. The molecule has 0 unspecified atom stereocenters. The number of hydrogen-bond acceptors (Lipinski definition) is 5. The second kappa shape index (κ2) is 7.80. The number of benzene rings is 2. The topological polar surface area (TPSA) is 51.7 Å². The van der Waals surface area contributed by atoms with Crippen LogP contribution in [0.3, 0.4) is 0 Å². The van der Waals surface area contributed by atoms with Crippen LogP contribution in [-0.2, 0) is 0 Å². The third kappa shape index (κ3) is 3.69. The fraction of sp³-hybridized carbons (Fsp3) is 0.364. The van der Waals surface area contributed by atoms with E-state index in [1.807, 2.05) is 29.2 Å². The van der Waals surface area contributed by atoms with Crippen LogP contribution in [0.5, 0.6) is 10.9 Å². The number of carbonyl (C=O) groups is 1. The van der Waals surface area contributed by atoms with Gasteiger partial charge in [-0.25, -0.2) is 4.98 Å². The highest BCUT2D eigenvalue weighted by Crippen LogP contribution is 2.33. The lowest BCUT2D eigenvalue weighted by Crippen LogP contribution is -2.41. The molecule has 0 radical (unpaired) electrons. The molecule has 1 saturated heterocycles. The number of amides is 1. The first-order chi connectivity index (χ1) is 13.5. The molecule has 1 amide bonds. The van der Waals surface area contributed by atoms with Crippen LogP contribution in [0.4, 0.5) is 0 Å². The standard InChI is InChI=1S/C22H24N2O3S/c1-14-4-5-15(2)20-19(14)23-22(28-20)27-18-10-12-24(13-11-18)21(25)16-6-8-17(26-3)9-7-16/h4-9,18H,10-13H2,1-3H3. The van der Waals surface area contributed by atoms with E-state index in [1.54, 1.807) is 18.4 Å². The van der Waals surface area contributed by atoms with Crippen molar-refractivity contribution in [1.29, 1.82) is 0 Å². The molecule has 0 aliphatic carbocycles. The number of piperidine rings is 1. The third-order valence-electron chi connectivity index (χ3n) is 5.26. The molecule has 3 aromatic rings. The van der Waals surface area contributed by atoms with E-state index in [9.17, 15) is 4.79 Å². The highest BCUT2D eigenvalue weighted by atomic mass is 32.1. The Labute approximate surface area is 168 Å². The Morgan fingerprint density at radius 2 is 1.75 bits per heavy atom. The highest BCUT2D eigenvalue weighted by Gasteiger charge is 2.25. The van der Waals surface area contributed by atoms with Gasteiger partial charge in [-0.1, -0.05) is 23.5 Å². The molecule has 1 aliphatic heterocycles. The summed E-state index contributed by atoms with van der Waals surface area (Å²) in [6.07, 6.45) is 1.73. The van der Waals surface area contributed by atoms with Crippen LogP contribution in [-0.4, -0.2) is 42.1 Å². The van der Waals surface area contributed by atoms with E-state index in [1.165, 1.54) is 15.8 Å². The van der Waals surface area contributed by atoms with Crippen LogP contribution >= 0.6 is 11.3 Å². The monoisotopic (exact) mass is 396 g/mol. The third-order valence-corrected chi connectivity index (χ3v) is 6.34. The summed E-state index contributed by atoms with van der Waals surface area (Å²) in [6.45, 7) is 5.57. The number of hydrogen-bond donors (Lipinski definition) is 0. The van der Waals surface area contributed by atoms with Crippen LogP contribution in [0.15, 0.2) is 36.4 Å². The zero-order valence-electron chi connectivity index (χ0n) is 16.4. The maximum atomic E-state index is 12.7. The van der Waals surface area contributed by atoms with Gasteiger partial charge in [0.1, 0.15) is 11.9 Å². The van der Waals surface area contributed by atoms with E-state index in [0.29, 0.717) is 18.7 Å². The maximum absolute atomic E-state index is 12.7. The first kappa shape index (κ1) is 18.7. The normalized spacial score (nSPS) is 15.0. The Morgan fingerprint density at radius 1 is 1.07 bits per heavy atom. The lowest BCUT2D eigenvalue weighted by molar-refractivity contribution is 0.0595. The number of methoxy groups -OCH3 is 1. The Hall–Kier alpha value is -2.60. The lowest BCUT2D eigenvalue weighted by atomic mass is 10.1. The first-order valence-corrected chi connectivity index (χ1v) is 10.3. The fourth-order valence-corrected chi connectivity index (χ4v) is 4.55. The average Bonchev–Trinajstić information content (AvgIpc) is 3.16. The van der Waals surface area contributed by atoms with Crippen LogP contribution in [0.1, 0.15) is 34.3 Å². The van der Waals surface area contributed by atoms with Crippen molar-refractivity contribution in [3.05, 3.63) is 53.1 Å². The van der Waals surface area contributed by atoms with Crippen molar-refractivity contribution >= 4 is 27.5 Å². The number of carbonyl (C=O) groups excluding carboxylic acids is 1. The highest BCUT2D eigenvalue weighted by molar-refractivity contribution is 7.20. The molecule has 5 nitrogen and oxygen atoms in total. The van der Waals surface area contributed by atoms with Crippen LogP contribution in [0.25, 0.3) is 10.2 Å². The predicted molar refractivity (Wildman–Crippen MR) is 112 cm³/mol. The smallest absolute Gasteiger partial charge is 0.274 e. The number of fused-ring (bicyclic) bond motifs is 1. The predicted octanol–water partition coefficient (Wildman–Crippen LogP) is 4.61. The van der Waals surface area contributed by atoms with Gasteiger partial charge in [-0.05, 0) is 49.2 Å². The van der Waals surface area contributed by atoms with Gasteiger partial charge in [0, 0.05) is 31.5 Å². The summed E-state index contributed by atoms with van der Waals surface area (Å²) >= 11 is 1.61. The van der Waals surface area contributed by atoms with Gasteiger partial charge in [-0.3, -0.25) is 4.79 Å². The molecule has 1 aromatic heterocycles. The van der Waals surface area contributed by atoms with Crippen LogP contribution in [0, 0.1) is 13.8 Å². The molecule has 28 heavy (non-hydrogen) atoms. The summed E-state index contributed by atoms with van der Waals surface area (Å²) in [4.78, 5) is 19.3. The minimum Gasteiger partial charge on any atom is -0.497 e. The Morgan fingerprint density at radius 3 is 2.39 bits per heavy atom. The van der Waals surface area contributed by atoms with Crippen molar-refractivity contribution in [2.24, 2.45) is 0 Å². The van der Waals surface area contributed by atoms with Gasteiger partial charge in [-0.2, -0.15) is 0 Å². The van der Waals surface area contributed by atoms with Crippen molar-refractivity contribution in [2.75, 3.05) is 20.2 Å². The van der Waals surface area contributed by atoms with Gasteiger partial charge in [0.2, 0.25) is 0 Å². The fourth-order valence-electron chi connectivity index (χ4n) is 3.53. The van der Waals surface area contributed by atoms with Gasteiger partial charge >= 0.3 is 0 Å². The molecule has 1 aliphatic rings. The molecule has 146 valence electrons. The number of aromatic nitrogens is 1. The summed E-state index contributed by atoms with van der Waals surface area (Å²) in [5.41, 5.74) is 4.13. The van der Waals surface area contributed by atoms with Crippen LogP contribution in [0.2, 0.25) is 0 Å². The van der Waals surface area contributed by atoms with E-state index in [2.05, 4.69) is 31.0 Å². The molecule has 2 aromatic carbocycles. The SMILES string of the molecule is COc1ccc(C(=O)N2CCC(Oc3nc4c(C)ccc(C)c4s3)CC2)cc1. The second-order valence-electron chi connectivity index (χ2n) is 7.19. The van der Waals surface area contributed by atoms with Crippen molar-refractivity contribution < 1.29 is 14.3 Å². The Kier molecular flexibility index (Phi) is 5.22. The van der Waals surface area contributed by atoms with Crippen molar-refractivity contribution in [3.63, 3.8) is 0 Å².